The van der Waals surface area contributed by atoms with Gasteiger partial charge < -0.3 is 9.47 Å². The van der Waals surface area contributed by atoms with E-state index in [0.717, 1.165) is 5.56 Å². The highest BCUT2D eigenvalue weighted by Crippen LogP contribution is 2.51. The van der Waals surface area contributed by atoms with Crippen molar-refractivity contribution in [1.29, 1.82) is 0 Å². The van der Waals surface area contributed by atoms with Crippen molar-refractivity contribution in [2.24, 2.45) is 0 Å². The second kappa shape index (κ2) is 4.61. The van der Waals surface area contributed by atoms with Gasteiger partial charge >= 0.3 is 5.51 Å². The molecule has 1 aliphatic carbocycles. The van der Waals surface area contributed by atoms with Gasteiger partial charge in [-0.25, -0.2) is 4.98 Å². The van der Waals surface area contributed by atoms with Crippen molar-refractivity contribution in [3.05, 3.63) is 21.8 Å². The Morgan fingerprint density at radius 3 is 2.63 bits per heavy atom. The summed E-state index contributed by atoms with van der Waals surface area (Å²) in [5.41, 5.74) is -3.15. The van der Waals surface area contributed by atoms with E-state index in [1.54, 1.807) is 0 Å². The number of halogens is 4. The second-order valence-corrected chi connectivity index (χ2v) is 6.17. The highest BCUT2D eigenvalue weighted by Gasteiger charge is 2.48. The second-order valence-electron chi connectivity index (χ2n) is 4.26. The van der Waals surface area contributed by atoms with Gasteiger partial charge in [0.1, 0.15) is 5.03 Å². The number of aromatic nitrogens is 1. The SMILES string of the molecule is FC(F)(F)Sc1ncc(Br)c2c1C1(CC2)OCCO1. The predicted octanol–water partition coefficient (Wildman–Crippen LogP) is 3.60. The topological polar surface area (TPSA) is 31.4 Å². The van der Waals surface area contributed by atoms with Crippen molar-refractivity contribution >= 4 is 27.7 Å². The van der Waals surface area contributed by atoms with Crippen molar-refractivity contribution in [2.75, 3.05) is 13.2 Å². The normalized spacial score (nSPS) is 21.1. The Labute approximate surface area is 120 Å². The molecule has 0 N–H and O–H groups in total. The number of pyridine rings is 1. The number of rotatable bonds is 1. The van der Waals surface area contributed by atoms with E-state index in [2.05, 4.69) is 20.9 Å². The molecule has 19 heavy (non-hydrogen) atoms. The van der Waals surface area contributed by atoms with Crippen LogP contribution in [0.15, 0.2) is 15.7 Å². The predicted molar refractivity (Wildman–Crippen MR) is 65.8 cm³/mol. The van der Waals surface area contributed by atoms with E-state index < -0.39 is 11.3 Å². The van der Waals surface area contributed by atoms with Gasteiger partial charge in [-0.1, -0.05) is 0 Å². The fourth-order valence-electron chi connectivity index (χ4n) is 2.49. The summed E-state index contributed by atoms with van der Waals surface area (Å²) in [6.07, 6.45) is 2.54. The van der Waals surface area contributed by atoms with Gasteiger partial charge in [-0.15, -0.1) is 0 Å². The summed E-state index contributed by atoms with van der Waals surface area (Å²) in [4.78, 5) is 3.89. The molecule has 3 rings (SSSR count). The van der Waals surface area contributed by atoms with E-state index in [9.17, 15) is 13.2 Å². The average molecular weight is 356 g/mol. The largest absolute Gasteiger partial charge is 0.447 e. The van der Waals surface area contributed by atoms with Gasteiger partial charge in [-0.3, -0.25) is 0 Å². The molecule has 2 aliphatic rings. The first kappa shape index (κ1) is 13.7. The molecule has 2 heterocycles. The maximum Gasteiger partial charge on any atom is 0.447 e. The lowest BCUT2D eigenvalue weighted by Gasteiger charge is -2.24. The lowest BCUT2D eigenvalue weighted by Crippen LogP contribution is -2.25. The Morgan fingerprint density at radius 2 is 2.00 bits per heavy atom. The molecule has 0 amide bonds. The van der Waals surface area contributed by atoms with Crippen molar-refractivity contribution in [3.63, 3.8) is 0 Å². The van der Waals surface area contributed by atoms with Gasteiger partial charge in [-0.05, 0) is 27.9 Å². The van der Waals surface area contributed by atoms with E-state index in [-0.39, 0.29) is 16.8 Å². The zero-order valence-corrected chi connectivity index (χ0v) is 12.0. The Morgan fingerprint density at radius 1 is 1.32 bits per heavy atom. The standard InChI is InChI=1S/C11H9BrF3NO2S/c12-7-5-16-9(19-11(13,14)15)8-6(7)1-2-10(8)17-3-4-18-10/h5H,1-4H2. The first-order valence-corrected chi connectivity index (χ1v) is 7.24. The van der Waals surface area contributed by atoms with Crippen LogP contribution in [-0.4, -0.2) is 23.7 Å². The van der Waals surface area contributed by atoms with Crippen LogP contribution < -0.4 is 0 Å². The molecular weight excluding hydrogens is 347 g/mol. The van der Waals surface area contributed by atoms with Crippen LogP contribution in [0.25, 0.3) is 0 Å². The summed E-state index contributed by atoms with van der Waals surface area (Å²) in [6.45, 7) is 0.782. The van der Waals surface area contributed by atoms with E-state index in [1.807, 2.05) is 0 Å². The molecule has 1 saturated heterocycles. The van der Waals surface area contributed by atoms with Crippen LogP contribution in [0.1, 0.15) is 17.5 Å². The third kappa shape index (κ3) is 2.39. The quantitative estimate of drug-likeness (QED) is 0.720. The van der Waals surface area contributed by atoms with Gasteiger partial charge in [0.15, 0.2) is 5.79 Å². The summed E-state index contributed by atoms with van der Waals surface area (Å²) in [6, 6.07) is 0. The Hall–Kier alpha value is -0.310. The third-order valence-corrected chi connectivity index (χ3v) is 4.57. The summed E-state index contributed by atoms with van der Waals surface area (Å²) in [7, 11) is 0. The van der Waals surface area contributed by atoms with Crippen molar-refractivity contribution < 1.29 is 22.6 Å². The maximum absolute atomic E-state index is 12.6. The molecule has 3 nitrogen and oxygen atoms in total. The monoisotopic (exact) mass is 355 g/mol. The molecule has 1 fully saturated rings. The first-order chi connectivity index (χ1) is 8.91. The van der Waals surface area contributed by atoms with Crippen LogP contribution in [0.2, 0.25) is 0 Å². The van der Waals surface area contributed by atoms with Gasteiger partial charge in [0.2, 0.25) is 0 Å². The highest BCUT2D eigenvalue weighted by atomic mass is 79.9. The number of alkyl halides is 3. The van der Waals surface area contributed by atoms with E-state index in [1.165, 1.54) is 6.20 Å². The highest BCUT2D eigenvalue weighted by molar-refractivity contribution is 9.10. The minimum atomic E-state index is -4.38. The maximum atomic E-state index is 12.6. The fourth-order valence-corrected chi connectivity index (χ4v) is 3.69. The summed E-state index contributed by atoms with van der Waals surface area (Å²) >= 11 is 3.11. The minimum absolute atomic E-state index is 0.0786. The Kier molecular flexibility index (Phi) is 3.32. The van der Waals surface area contributed by atoms with E-state index >= 15 is 0 Å². The molecule has 1 spiro atoms. The molecule has 0 bridgehead atoms. The zero-order chi connectivity index (χ0) is 13.7. The van der Waals surface area contributed by atoms with E-state index in [4.69, 9.17) is 9.47 Å². The fraction of sp³-hybridized carbons (Fsp3) is 0.545. The van der Waals surface area contributed by atoms with Crippen LogP contribution in [0.3, 0.4) is 0 Å². The van der Waals surface area contributed by atoms with Crippen molar-refractivity contribution in [1.82, 2.24) is 4.98 Å². The molecule has 0 saturated carbocycles. The smallest absolute Gasteiger partial charge is 0.343 e. The molecular formula is C11H9BrF3NO2S. The Bertz CT molecular complexity index is 517. The van der Waals surface area contributed by atoms with Crippen molar-refractivity contribution in [3.8, 4) is 0 Å². The van der Waals surface area contributed by atoms with E-state index in [0.29, 0.717) is 36.1 Å². The number of ether oxygens (including phenoxy) is 2. The first-order valence-electron chi connectivity index (χ1n) is 5.63. The number of hydrogen-bond acceptors (Lipinski definition) is 4. The summed E-state index contributed by atoms with van der Waals surface area (Å²) < 4.78 is 49.7. The van der Waals surface area contributed by atoms with Crippen LogP contribution in [0.4, 0.5) is 13.2 Å². The summed E-state index contributed by atoms with van der Waals surface area (Å²) in [5.74, 6) is -1.04. The molecule has 104 valence electrons. The molecule has 0 aromatic carbocycles. The van der Waals surface area contributed by atoms with Gasteiger partial charge in [0.25, 0.3) is 0 Å². The number of fused-ring (bicyclic) bond motifs is 2. The van der Waals surface area contributed by atoms with Crippen LogP contribution in [0, 0.1) is 0 Å². The van der Waals surface area contributed by atoms with Crippen LogP contribution in [0.5, 0.6) is 0 Å². The molecule has 0 radical (unpaired) electrons. The van der Waals surface area contributed by atoms with Crippen molar-refractivity contribution in [2.45, 2.75) is 29.2 Å². The van der Waals surface area contributed by atoms with Gasteiger partial charge in [0.05, 0.1) is 13.2 Å². The van der Waals surface area contributed by atoms with Gasteiger partial charge in [-0.2, -0.15) is 13.2 Å². The number of thioether (sulfide) groups is 1. The lowest BCUT2D eigenvalue weighted by molar-refractivity contribution is -0.165. The lowest BCUT2D eigenvalue weighted by atomic mass is 10.1. The number of nitrogens with zero attached hydrogens (tertiary/aromatic N) is 1. The average Bonchev–Trinajstić information content (AvgIpc) is 2.91. The third-order valence-electron chi connectivity index (χ3n) is 3.15. The molecule has 0 atom stereocenters. The number of hydrogen-bond donors (Lipinski definition) is 0. The molecule has 1 aliphatic heterocycles. The summed E-state index contributed by atoms with van der Waals surface area (Å²) in [5, 5.41) is -0.0786. The van der Waals surface area contributed by atoms with Crippen LogP contribution in [-0.2, 0) is 21.7 Å². The Balaban J connectivity index is 2.10. The molecule has 8 heteroatoms. The molecule has 1 aromatic heterocycles. The minimum Gasteiger partial charge on any atom is -0.343 e. The molecule has 0 unspecified atom stereocenters. The molecule has 1 aromatic rings. The van der Waals surface area contributed by atoms with Gasteiger partial charge in [0, 0.05) is 34.4 Å². The van der Waals surface area contributed by atoms with Crippen LogP contribution >= 0.6 is 27.7 Å². The zero-order valence-electron chi connectivity index (χ0n) is 9.59.